The van der Waals surface area contributed by atoms with E-state index < -0.39 is 0 Å². The van der Waals surface area contributed by atoms with Crippen LogP contribution in [0, 0.1) is 0 Å². The molecule has 1 aromatic heterocycles. The Bertz CT molecular complexity index is 436. The second-order valence-corrected chi connectivity index (χ2v) is 8.14. The largest absolute Gasteiger partial charge is 0.308 e. The first-order valence-corrected chi connectivity index (χ1v) is 9.61. The van der Waals surface area contributed by atoms with Crippen LogP contribution in [0.15, 0.2) is 16.8 Å². The molecule has 0 radical (unpaired) electrons. The van der Waals surface area contributed by atoms with E-state index in [0.29, 0.717) is 11.1 Å². The lowest BCUT2D eigenvalue weighted by Crippen LogP contribution is -2.69. The molecule has 1 aromatic rings. The van der Waals surface area contributed by atoms with Gasteiger partial charge in [-0.1, -0.05) is 26.2 Å². The van der Waals surface area contributed by atoms with Crippen LogP contribution in [0.2, 0.25) is 0 Å². The van der Waals surface area contributed by atoms with Crippen LogP contribution < -0.4 is 5.32 Å². The van der Waals surface area contributed by atoms with E-state index in [2.05, 4.69) is 40.9 Å². The fourth-order valence-corrected chi connectivity index (χ4v) is 4.79. The lowest BCUT2D eigenvalue weighted by molar-refractivity contribution is -0.0147. The summed E-state index contributed by atoms with van der Waals surface area (Å²) in [4.78, 5) is 2.85. The second kappa shape index (κ2) is 6.39. The molecule has 0 amide bonds. The quantitative estimate of drug-likeness (QED) is 0.902. The van der Waals surface area contributed by atoms with E-state index in [9.17, 15) is 0 Å². The van der Waals surface area contributed by atoms with Crippen LogP contribution in [0.1, 0.15) is 57.9 Å². The van der Waals surface area contributed by atoms with Gasteiger partial charge in [-0.2, -0.15) is 11.3 Å². The van der Waals surface area contributed by atoms with Crippen LogP contribution in [0.4, 0.5) is 0 Å². The van der Waals surface area contributed by atoms with Gasteiger partial charge in [0.25, 0.3) is 0 Å². The van der Waals surface area contributed by atoms with Crippen molar-refractivity contribution in [2.45, 2.75) is 69.9 Å². The minimum absolute atomic E-state index is 0.303. The van der Waals surface area contributed by atoms with Crippen molar-refractivity contribution in [2.24, 2.45) is 0 Å². The molecule has 1 unspecified atom stereocenters. The van der Waals surface area contributed by atoms with Gasteiger partial charge in [-0.05, 0) is 55.0 Å². The van der Waals surface area contributed by atoms with E-state index in [4.69, 9.17) is 0 Å². The Morgan fingerprint density at radius 3 is 2.76 bits per heavy atom. The summed E-state index contributed by atoms with van der Waals surface area (Å²) in [6.45, 7) is 8.37. The molecule has 2 heterocycles. The van der Waals surface area contributed by atoms with E-state index >= 15 is 0 Å². The molecule has 0 bridgehead atoms. The monoisotopic (exact) mass is 306 g/mol. The lowest BCUT2D eigenvalue weighted by Gasteiger charge is -2.55. The van der Waals surface area contributed by atoms with Crippen LogP contribution in [-0.4, -0.2) is 35.6 Å². The molecule has 1 aliphatic heterocycles. The van der Waals surface area contributed by atoms with E-state index in [0.717, 1.165) is 0 Å². The topological polar surface area (TPSA) is 15.3 Å². The van der Waals surface area contributed by atoms with Gasteiger partial charge in [0.05, 0.1) is 0 Å². The van der Waals surface area contributed by atoms with Crippen molar-refractivity contribution in [2.75, 3.05) is 19.6 Å². The summed E-state index contributed by atoms with van der Waals surface area (Å²) in [5.41, 5.74) is 2.27. The molecule has 1 atom stereocenters. The zero-order valence-electron chi connectivity index (χ0n) is 13.7. The minimum atomic E-state index is 0.303. The fourth-order valence-electron chi connectivity index (χ4n) is 4.09. The molecule has 3 heteroatoms. The summed E-state index contributed by atoms with van der Waals surface area (Å²) >= 11 is 1.83. The van der Waals surface area contributed by atoms with Crippen LogP contribution in [-0.2, 0) is 6.42 Å². The Morgan fingerprint density at radius 1 is 1.29 bits per heavy atom. The Hall–Kier alpha value is -0.380. The molecule has 2 fully saturated rings. The van der Waals surface area contributed by atoms with Crippen LogP contribution >= 0.6 is 11.3 Å². The van der Waals surface area contributed by atoms with Gasteiger partial charge in [-0.3, -0.25) is 4.90 Å². The molecule has 1 N–H and O–H groups in total. The smallest absolute Gasteiger partial charge is 0.0335 e. The summed E-state index contributed by atoms with van der Waals surface area (Å²) in [5.74, 6) is 0. The van der Waals surface area contributed by atoms with Gasteiger partial charge in [-0.15, -0.1) is 0 Å². The zero-order chi connectivity index (χ0) is 14.8. The van der Waals surface area contributed by atoms with Gasteiger partial charge in [0, 0.05) is 30.7 Å². The minimum Gasteiger partial charge on any atom is -0.308 e. The maximum Gasteiger partial charge on any atom is 0.0335 e. The molecular weight excluding hydrogens is 276 g/mol. The van der Waals surface area contributed by atoms with Crippen LogP contribution in [0.25, 0.3) is 0 Å². The number of piperazine rings is 1. The molecule has 1 saturated carbocycles. The van der Waals surface area contributed by atoms with Crippen molar-refractivity contribution < 1.29 is 0 Å². The van der Waals surface area contributed by atoms with Gasteiger partial charge >= 0.3 is 0 Å². The van der Waals surface area contributed by atoms with Crippen molar-refractivity contribution in [1.29, 1.82) is 0 Å². The molecule has 21 heavy (non-hydrogen) atoms. The molecule has 2 nitrogen and oxygen atoms in total. The van der Waals surface area contributed by atoms with E-state index in [-0.39, 0.29) is 0 Å². The van der Waals surface area contributed by atoms with Gasteiger partial charge in [-0.25, -0.2) is 0 Å². The third kappa shape index (κ3) is 3.35. The molecular formula is C18H30N2S. The highest BCUT2D eigenvalue weighted by Crippen LogP contribution is 2.37. The number of rotatable bonds is 4. The highest BCUT2D eigenvalue weighted by atomic mass is 32.1. The van der Waals surface area contributed by atoms with Gasteiger partial charge in [0.2, 0.25) is 0 Å². The van der Waals surface area contributed by atoms with E-state index in [1.807, 2.05) is 11.3 Å². The summed E-state index contributed by atoms with van der Waals surface area (Å²) in [6.07, 6.45) is 9.49. The van der Waals surface area contributed by atoms with Crippen molar-refractivity contribution >= 4 is 11.3 Å². The number of hydrogen-bond acceptors (Lipinski definition) is 3. The van der Waals surface area contributed by atoms with Crippen molar-refractivity contribution in [3.05, 3.63) is 22.4 Å². The van der Waals surface area contributed by atoms with Crippen molar-refractivity contribution in [3.63, 3.8) is 0 Å². The fraction of sp³-hybridized carbons (Fsp3) is 0.778. The molecule has 0 aromatic carbocycles. The standard InChI is InChI=1S/C18H30N2S/c1-3-17(2)15-20(11-7-16-8-12-21-13-16)18(14-19-17)9-5-4-6-10-18/h8,12-13,19H,3-7,9-11,14-15H2,1-2H3. The van der Waals surface area contributed by atoms with E-state index in [1.165, 1.54) is 70.1 Å². The summed E-state index contributed by atoms with van der Waals surface area (Å²) in [5, 5.41) is 8.41. The maximum atomic E-state index is 3.89. The van der Waals surface area contributed by atoms with Gasteiger partial charge in [0.15, 0.2) is 0 Å². The third-order valence-electron chi connectivity index (χ3n) is 5.87. The molecule has 3 rings (SSSR count). The maximum absolute atomic E-state index is 3.89. The number of hydrogen-bond donors (Lipinski definition) is 1. The lowest BCUT2D eigenvalue weighted by atomic mass is 9.76. The molecule has 118 valence electrons. The Balaban J connectivity index is 1.72. The Kier molecular flexibility index (Phi) is 4.72. The van der Waals surface area contributed by atoms with Crippen molar-refractivity contribution in [3.8, 4) is 0 Å². The molecule has 2 aliphatic rings. The summed E-state index contributed by atoms with van der Waals surface area (Å²) < 4.78 is 0. The molecule has 1 aliphatic carbocycles. The average molecular weight is 307 g/mol. The highest BCUT2D eigenvalue weighted by Gasteiger charge is 2.44. The zero-order valence-corrected chi connectivity index (χ0v) is 14.5. The Morgan fingerprint density at radius 2 is 2.10 bits per heavy atom. The molecule has 1 spiro atoms. The van der Waals surface area contributed by atoms with Gasteiger partial charge in [0.1, 0.15) is 0 Å². The number of nitrogens with one attached hydrogen (secondary N) is 1. The predicted molar refractivity (Wildman–Crippen MR) is 92.1 cm³/mol. The normalized spacial score (nSPS) is 29.8. The predicted octanol–water partition coefficient (Wildman–Crippen LogP) is 4.07. The number of nitrogens with zero attached hydrogens (tertiary/aromatic N) is 1. The SMILES string of the molecule is CCC1(C)CN(CCc2ccsc2)C2(CCCCC2)CN1. The summed E-state index contributed by atoms with van der Waals surface area (Å²) in [7, 11) is 0. The van der Waals surface area contributed by atoms with Crippen molar-refractivity contribution in [1.82, 2.24) is 10.2 Å². The average Bonchev–Trinajstić information content (AvgIpc) is 3.03. The van der Waals surface area contributed by atoms with Crippen LogP contribution in [0.5, 0.6) is 0 Å². The number of thiophene rings is 1. The first-order chi connectivity index (χ1) is 10.2. The first kappa shape index (κ1) is 15.5. The van der Waals surface area contributed by atoms with Gasteiger partial charge < -0.3 is 5.32 Å². The summed E-state index contributed by atoms with van der Waals surface area (Å²) in [6, 6.07) is 2.29. The molecule has 1 saturated heterocycles. The van der Waals surface area contributed by atoms with E-state index in [1.54, 1.807) is 0 Å². The van der Waals surface area contributed by atoms with Crippen LogP contribution in [0.3, 0.4) is 0 Å². The highest BCUT2D eigenvalue weighted by molar-refractivity contribution is 7.07. The first-order valence-electron chi connectivity index (χ1n) is 8.67. The second-order valence-electron chi connectivity index (χ2n) is 7.36. The third-order valence-corrected chi connectivity index (χ3v) is 6.60. The Labute approximate surface area is 133 Å².